The van der Waals surface area contributed by atoms with Gasteiger partial charge < -0.3 is 14.6 Å². The van der Waals surface area contributed by atoms with Crippen LogP contribution >= 0.6 is 0 Å². The molecule has 2 aliphatic heterocycles. The van der Waals surface area contributed by atoms with Crippen LogP contribution in [0.4, 0.5) is 0 Å². The molecule has 1 N–H and O–H groups in total. The minimum absolute atomic E-state index is 0.0671. The molecular weight excluding hydrogens is 476 g/mol. The van der Waals surface area contributed by atoms with Crippen molar-refractivity contribution in [1.29, 1.82) is 0 Å². The second-order valence-corrected chi connectivity index (χ2v) is 12.2. The fourth-order valence-corrected chi connectivity index (χ4v) is 6.24. The summed E-state index contributed by atoms with van der Waals surface area (Å²) in [5.41, 5.74) is 1.91. The Morgan fingerprint density at radius 3 is 2.32 bits per heavy atom. The zero-order chi connectivity index (χ0) is 27.4. The largest absolute Gasteiger partial charge is 0.481 e. The molecular formula is C33H52O5. The molecule has 5 nitrogen and oxygen atoms in total. The van der Waals surface area contributed by atoms with Gasteiger partial charge in [-0.2, -0.15) is 0 Å². The molecule has 0 aromatic heterocycles. The highest BCUT2D eigenvalue weighted by Crippen LogP contribution is 2.49. The normalized spacial score (nSPS) is 30.0. The minimum atomic E-state index is -0.655. The molecule has 0 spiro atoms. The van der Waals surface area contributed by atoms with E-state index in [1.807, 2.05) is 0 Å². The van der Waals surface area contributed by atoms with Crippen LogP contribution in [0.25, 0.3) is 0 Å². The van der Waals surface area contributed by atoms with E-state index in [0.717, 1.165) is 44.4 Å². The summed E-state index contributed by atoms with van der Waals surface area (Å²) in [6, 6.07) is 0. The van der Waals surface area contributed by atoms with Crippen LogP contribution in [0.3, 0.4) is 0 Å². The number of carboxylic acids is 1. The van der Waals surface area contributed by atoms with Crippen molar-refractivity contribution >= 4 is 11.9 Å². The van der Waals surface area contributed by atoms with Gasteiger partial charge in [-0.15, -0.1) is 0 Å². The van der Waals surface area contributed by atoms with Crippen molar-refractivity contribution in [2.75, 3.05) is 0 Å². The van der Waals surface area contributed by atoms with Crippen LogP contribution in [-0.4, -0.2) is 34.9 Å². The summed E-state index contributed by atoms with van der Waals surface area (Å²) < 4.78 is 11.3. The van der Waals surface area contributed by atoms with Gasteiger partial charge in [0.05, 0.1) is 5.60 Å². The first-order chi connectivity index (χ1) is 18.3. The molecule has 2 saturated heterocycles. The van der Waals surface area contributed by atoms with Gasteiger partial charge in [0, 0.05) is 17.9 Å². The average molecular weight is 529 g/mol. The number of carboxylic acid groups (broad SMARTS) is 1. The van der Waals surface area contributed by atoms with E-state index < -0.39 is 5.97 Å². The lowest BCUT2D eigenvalue weighted by Gasteiger charge is -2.19. The summed E-state index contributed by atoms with van der Waals surface area (Å²) in [4.78, 5) is 22.0. The Morgan fingerprint density at radius 1 is 1.03 bits per heavy atom. The van der Waals surface area contributed by atoms with Gasteiger partial charge in [0.15, 0.2) is 0 Å². The summed E-state index contributed by atoms with van der Waals surface area (Å²) in [5.74, 6) is 0.133. The Labute approximate surface area is 231 Å². The van der Waals surface area contributed by atoms with Crippen LogP contribution in [0.15, 0.2) is 36.0 Å². The fraction of sp³-hybridized carbons (Fsp3) is 0.758. The first-order valence-corrected chi connectivity index (χ1v) is 15.4. The van der Waals surface area contributed by atoms with Crippen LogP contribution < -0.4 is 0 Å². The van der Waals surface area contributed by atoms with Crippen molar-refractivity contribution in [3.8, 4) is 0 Å². The number of carbonyl (C=O) groups excluding carboxylic acids is 1. The predicted octanol–water partition coefficient (Wildman–Crippen LogP) is 8.48. The minimum Gasteiger partial charge on any atom is -0.481 e. The van der Waals surface area contributed by atoms with E-state index in [-0.39, 0.29) is 29.7 Å². The van der Waals surface area contributed by atoms with Crippen molar-refractivity contribution in [3.63, 3.8) is 0 Å². The molecule has 2 fully saturated rings. The third kappa shape index (κ3) is 10.0. The summed E-state index contributed by atoms with van der Waals surface area (Å²) in [6.45, 7) is 8.17. The number of rotatable bonds is 13. The van der Waals surface area contributed by atoms with E-state index in [1.165, 1.54) is 76.2 Å². The SMILES string of the molecule is C=C1C(=O)OC2C1CCC(C)=CCCC1(C)OC21.O=C(O)CCCCCCCCCCCCC1C=CCC1. The van der Waals surface area contributed by atoms with Crippen LogP contribution in [0.2, 0.25) is 0 Å². The Bertz CT molecular complexity index is 842. The fourth-order valence-electron chi connectivity index (χ4n) is 6.24. The van der Waals surface area contributed by atoms with Gasteiger partial charge in [0.25, 0.3) is 0 Å². The molecule has 0 saturated carbocycles. The third-order valence-corrected chi connectivity index (χ3v) is 8.90. The highest BCUT2D eigenvalue weighted by molar-refractivity contribution is 5.91. The lowest BCUT2D eigenvalue weighted by Crippen LogP contribution is -2.28. The lowest BCUT2D eigenvalue weighted by atomic mass is 9.84. The number of unbranched alkanes of at least 4 members (excludes halogenated alkanes) is 9. The number of ether oxygens (including phenoxy) is 2. The van der Waals surface area contributed by atoms with Crippen molar-refractivity contribution < 1.29 is 24.2 Å². The van der Waals surface area contributed by atoms with Crippen molar-refractivity contribution in [2.45, 2.75) is 147 Å². The summed E-state index contributed by atoms with van der Waals surface area (Å²) in [5, 5.41) is 8.52. The van der Waals surface area contributed by atoms with E-state index in [4.69, 9.17) is 14.6 Å². The lowest BCUT2D eigenvalue weighted by molar-refractivity contribution is -0.140. The molecule has 2 aliphatic carbocycles. The second-order valence-electron chi connectivity index (χ2n) is 12.2. The molecule has 0 aromatic carbocycles. The van der Waals surface area contributed by atoms with Crippen LogP contribution in [0.1, 0.15) is 129 Å². The summed E-state index contributed by atoms with van der Waals surface area (Å²) in [7, 11) is 0. The van der Waals surface area contributed by atoms with Crippen molar-refractivity contribution in [1.82, 2.24) is 0 Å². The molecule has 2 heterocycles. The van der Waals surface area contributed by atoms with Crippen LogP contribution in [-0.2, 0) is 19.1 Å². The molecule has 0 bridgehead atoms. The highest BCUT2D eigenvalue weighted by Gasteiger charge is 2.61. The van der Waals surface area contributed by atoms with E-state index in [0.29, 0.717) is 12.0 Å². The van der Waals surface area contributed by atoms with E-state index in [9.17, 15) is 9.59 Å². The molecule has 214 valence electrons. The Balaban J connectivity index is 0.000000211. The van der Waals surface area contributed by atoms with E-state index >= 15 is 0 Å². The van der Waals surface area contributed by atoms with Gasteiger partial charge in [-0.05, 0) is 71.1 Å². The second kappa shape index (κ2) is 15.6. The molecule has 0 radical (unpaired) electrons. The van der Waals surface area contributed by atoms with Crippen molar-refractivity contribution in [2.24, 2.45) is 11.8 Å². The number of esters is 1. The molecule has 5 atom stereocenters. The van der Waals surface area contributed by atoms with Crippen molar-refractivity contribution in [3.05, 3.63) is 36.0 Å². The van der Waals surface area contributed by atoms with Gasteiger partial charge in [-0.1, -0.05) is 88.2 Å². The number of epoxide rings is 1. The average Bonchev–Trinajstić information content (AvgIpc) is 3.16. The number of allylic oxidation sites excluding steroid dienone is 4. The van der Waals surface area contributed by atoms with Crippen LogP contribution in [0.5, 0.6) is 0 Å². The first kappa shape index (κ1) is 30.7. The maximum Gasteiger partial charge on any atom is 0.334 e. The zero-order valence-electron chi connectivity index (χ0n) is 24.1. The molecule has 4 rings (SSSR count). The number of hydrogen-bond acceptors (Lipinski definition) is 4. The molecule has 0 aromatic rings. The standard InChI is InChI=1S/C18H32O2.C15H20O3/c19-18(20)16-10-8-6-4-2-1-3-5-7-9-13-17-14-11-12-15-17;1-9-5-4-8-15(3)13(18-15)12-11(7-6-9)10(2)14(16)17-12/h11,14,17H,1-10,12-13,15-16H2,(H,19,20);5,11-13H,2,4,6-8H2,1,3H3. The van der Waals surface area contributed by atoms with Crippen LogP contribution in [0, 0.1) is 11.8 Å². The quantitative estimate of drug-likeness (QED) is 0.0853. The summed E-state index contributed by atoms with van der Waals surface area (Å²) >= 11 is 0. The smallest absolute Gasteiger partial charge is 0.334 e. The predicted molar refractivity (Wildman–Crippen MR) is 153 cm³/mol. The molecule has 4 aliphatic rings. The number of hydrogen-bond donors (Lipinski definition) is 1. The number of carbonyl (C=O) groups is 2. The van der Waals surface area contributed by atoms with Gasteiger partial charge in [-0.25, -0.2) is 4.79 Å². The summed E-state index contributed by atoms with van der Waals surface area (Å²) in [6.07, 6.45) is 28.2. The van der Waals surface area contributed by atoms with E-state index in [2.05, 4.69) is 38.7 Å². The molecule has 5 heteroatoms. The number of aliphatic carboxylic acids is 1. The topological polar surface area (TPSA) is 76.1 Å². The Kier molecular flexibility index (Phi) is 12.6. The molecule has 5 unspecified atom stereocenters. The zero-order valence-corrected chi connectivity index (χ0v) is 24.1. The third-order valence-electron chi connectivity index (χ3n) is 8.90. The number of fused-ring (bicyclic) bond motifs is 3. The Hall–Kier alpha value is -1.88. The van der Waals surface area contributed by atoms with Gasteiger partial charge in [-0.3, -0.25) is 4.79 Å². The van der Waals surface area contributed by atoms with Gasteiger partial charge in [0.1, 0.15) is 12.2 Å². The first-order valence-electron chi connectivity index (χ1n) is 15.4. The van der Waals surface area contributed by atoms with Gasteiger partial charge >= 0.3 is 11.9 Å². The molecule has 0 amide bonds. The molecule has 38 heavy (non-hydrogen) atoms. The van der Waals surface area contributed by atoms with Gasteiger partial charge in [0.2, 0.25) is 0 Å². The highest BCUT2D eigenvalue weighted by atomic mass is 16.6. The Morgan fingerprint density at radius 2 is 1.68 bits per heavy atom. The maximum absolute atomic E-state index is 11.7. The maximum atomic E-state index is 11.7. The monoisotopic (exact) mass is 528 g/mol. The van der Waals surface area contributed by atoms with E-state index in [1.54, 1.807) is 0 Å².